The molecular formula is H2N2NdO7-2. The molecule has 9 nitrogen and oxygen atoms in total. The molecule has 0 aliphatic rings. The van der Waals surface area contributed by atoms with E-state index in [1.807, 2.05) is 0 Å². The Morgan fingerprint density at radius 3 is 0.800 bits per heavy atom. The van der Waals surface area contributed by atoms with Crippen molar-refractivity contribution in [2.75, 3.05) is 0 Å². The van der Waals surface area contributed by atoms with Gasteiger partial charge in [0, 0.05) is 40.8 Å². The SMILES string of the molecule is O.O=[N+]([O-])[O-].O=[N+]([O-])[O-].[Nd]. The van der Waals surface area contributed by atoms with Gasteiger partial charge in [-0.05, 0) is 0 Å². The fourth-order valence-electron chi connectivity index (χ4n) is 0. The number of hydrogen-bond donors (Lipinski definition) is 0. The number of rotatable bonds is 0. The second kappa shape index (κ2) is 15.9. The van der Waals surface area contributed by atoms with Gasteiger partial charge < -0.3 is 36.1 Å². The van der Waals surface area contributed by atoms with E-state index in [0.717, 1.165) is 0 Å². The molecule has 0 radical (unpaired) electrons. The molecule has 10 heavy (non-hydrogen) atoms. The van der Waals surface area contributed by atoms with E-state index >= 15 is 0 Å². The van der Waals surface area contributed by atoms with Crippen molar-refractivity contribution in [3.63, 3.8) is 0 Å². The number of hydrogen-bond acceptors (Lipinski definition) is 6. The first-order chi connectivity index (χ1) is 3.46. The summed E-state index contributed by atoms with van der Waals surface area (Å²) >= 11 is 0. The fourth-order valence-corrected chi connectivity index (χ4v) is 0. The van der Waals surface area contributed by atoms with Crippen molar-refractivity contribution in [1.29, 1.82) is 0 Å². The molecule has 10 heteroatoms. The fraction of sp³-hybridized carbons (Fsp3) is 0. The summed E-state index contributed by atoms with van der Waals surface area (Å²) in [6, 6.07) is 0. The van der Waals surface area contributed by atoms with Crippen molar-refractivity contribution in [1.82, 2.24) is 0 Å². The Labute approximate surface area is 86.7 Å². The zero-order valence-electron chi connectivity index (χ0n) is 4.34. The van der Waals surface area contributed by atoms with Crippen LogP contribution in [0.25, 0.3) is 0 Å². The van der Waals surface area contributed by atoms with Crippen LogP contribution in [0.4, 0.5) is 0 Å². The first-order valence-corrected chi connectivity index (χ1v) is 1.10. The molecule has 0 unspecified atom stereocenters. The van der Waals surface area contributed by atoms with E-state index in [4.69, 9.17) is 30.6 Å². The Morgan fingerprint density at radius 2 is 0.800 bits per heavy atom. The van der Waals surface area contributed by atoms with Gasteiger partial charge in [-0.1, -0.05) is 0 Å². The van der Waals surface area contributed by atoms with E-state index < -0.39 is 10.2 Å². The van der Waals surface area contributed by atoms with E-state index in [2.05, 4.69) is 0 Å². The smallest absolute Gasteiger partial charge is 0.0689 e. The second-order valence-electron chi connectivity index (χ2n) is 0.447. The molecule has 60 valence electrons. The van der Waals surface area contributed by atoms with Gasteiger partial charge in [0.2, 0.25) is 0 Å². The standard InChI is InChI=1S/2NO3.Nd.H2O/c2*2-1(3)4;;/h;;;1H2/q2*-1;;. The van der Waals surface area contributed by atoms with Gasteiger partial charge >= 0.3 is 0 Å². The van der Waals surface area contributed by atoms with Crippen LogP contribution < -0.4 is 0 Å². The molecule has 2 N–H and O–H groups in total. The van der Waals surface area contributed by atoms with Gasteiger partial charge in [0.15, 0.2) is 0 Å². The topological polar surface area (TPSA) is 164 Å². The monoisotopic (exact) mass is 284 g/mol. The molecule has 0 atom stereocenters. The molecule has 0 bridgehead atoms. The van der Waals surface area contributed by atoms with Gasteiger partial charge in [0.25, 0.3) is 0 Å². The summed E-state index contributed by atoms with van der Waals surface area (Å²) < 4.78 is 0. The Hall–Kier alpha value is -0.289. The maximum atomic E-state index is 8.25. The third-order valence-electron chi connectivity index (χ3n) is 0. The van der Waals surface area contributed by atoms with E-state index in [9.17, 15) is 0 Å². The van der Waals surface area contributed by atoms with Gasteiger partial charge in [-0.3, -0.25) is 0 Å². The molecule has 0 amide bonds. The summed E-state index contributed by atoms with van der Waals surface area (Å²) in [5.74, 6) is 0. The molecule has 0 aromatic carbocycles. The van der Waals surface area contributed by atoms with Crippen molar-refractivity contribution in [2.24, 2.45) is 0 Å². The Bertz CT molecular complexity index is 69.6. The third kappa shape index (κ3) is 4150. The maximum absolute atomic E-state index is 8.25. The summed E-state index contributed by atoms with van der Waals surface area (Å²) in [6.07, 6.45) is 0. The third-order valence-corrected chi connectivity index (χ3v) is 0. The second-order valence-corrected chi connectivity index (χ2v) is 0.447. The van der Waals surface area contributed by atoms with Gasteiger partial charge in [-0.15, -0.1) is 0 Å². The molecule has 0 aliphatic carbocycles. The van der Waals surface area contributed by atoms with Gasteiger partial charge in [0.1, 0.15) is 0 Å². The average Bonchev–Trinajstić information content (AvgIpc) is 1.25. The minimum Gasteiger partial charge on any atom is -0.412 e. The van der Waals surface area contributed by atoms with Gasteiger partial charge in [0.05, 0.1) is 10.2 Å². The molecule has 0 fully saturated rings. The number of nitrogens with zero attached hydrogens (tertiary/aromatic N) is 2. The van der Waals surface area contributed by atoms with Crippen molar-refractivity contribution < 1.29 is 56.5 Å². The zero-order chi connectivity index (χ0) is 7.15. The van der Waals surface area contributed by atoms with E-state index in [-0.39, 0.29) is 46.3 Å². The molecule has 0 saturated carbocycles. The molecule has 0 saturated heterocycles. The molecule has 0 aromatic heterocycles. The summed E-state index contributed by atoms with van der Waals surface area (Å²) in [7, 11) is 0. The Kier molecular flexibility index (Phi) is 35.9. The van der Waals surface area contributed by atoms with Crippen LogP contribution in [0.1, 0.15) is 0 Å². The maximum Gasteiger partial charge on any atom is 0.0689 e. The minimum absolute atomic E-state index is 0. The summed E-state index contributed by atoms with van der Waals surface area (Å²) in [5, 5.41) is 29.5. The van der Waals surface area contributed by atoms with Crippen molar-refractivity contribution in [3.05, 3.63) is 30.6 Å². The van der Waals surface area contributed by atoms with Gasteiger partial charge in [-0.25, -0.2) is 0 Å². The average molecular weight is 286 g/mol. The molecule has 0 rings (SSSR count). The Morgan fingerprint density at radius 1 is 0.800 bits per heavy atom. The van der Waals surface area contributed by atoms with Crippen LogP contribution >= 0.6 is 0 Å². The zero-order valence-corrected chi connectivity index (χ0v) is 7.55. The van der Waals surface area contributed by atoms with Crippen molar-refractivity contribution >= 4 is 0 Å². The van der Waals surface area contributed by atoms with Crippen LogP contribution in [0.3, 0.4) is 0 Å². The molecular weight excluding hydrogens is 284 g/mol. The van der Waals surface area contributed by atoms with Gasteiger partial charge in [-0.2, -0.15) is 0 Å². The summed E-state index contributed by atoms with van der Waals surface area (Å²) in [6.45, 7) is 0. The van der Waals surface area contributed by atoms with Crippen LogP contribution in [-0.4, -0.2) is 15.6 Å². The minimum atomic E-state index is -1.75. The molecule has 0 spiro atoms. The molecule has 0 heterocycles. The summed E-state index contributed by atoms with van der Waals surface area (Å²) in [5.41, 5.74) is 0. The van der Waals surface area contributed by atoms with E-state index in [0.29, 0.717) is 0 Å². The predicted octanol–water partition coefficient (Wildman–Crippen LogP) is -1.30. The largest absolute Gasteiger partial charge is 0.412 e. The van der Waals surface area contributed by atoms with Crippen LogP contribution in [0.2, 0.25) is 0 Å². The van der Waals surface area contributed by atoms with E-state index in [1.54, 1.807) is 0 Å². The summed E-state index contributed by atoms with van der Waals surface area (Å²) in [4.78, 5) is 16.5. The predicted molar refractivity (Wildman–Crippen MR) is 24.3 cm³/mol. The molecule has 0 aromatic rings. The van der Waals surface area contributed by atoms with E-state index in [1.165, 1.54) is 0 Å². The van der Waals surface area contributed by atoms with Crippen LogP contribution in [0, 0.1) is 71.5 Å². The first kappa shape index (κ1) is 22.6. The van der Waals surface area contributed by atoms with Crippen molar-refractivity contribution in [2.45, 2.75) is 0 Å². The van der Waals surface area contributed by atoms with Crippen LogP contribution in [0.15, 0.2) is 0 Å². The van der Waals surface area contributed by atoms with Crippen molar-refractivity contribution in [3.8, 4) is 0 Å². The normalized spacial score (nSPS) is 4.80. The van der Waals surface area contributed by atoms with Crippen LogP contribution in [0.5, 0.6) is 0 Å². The Balaban J connectivity index is -0.0000000300. The van der Waals surface area contributed by atoms with Crippen LogP contribution in [-0.2, 0) is 0 Å². The first-order valence-electron chi connectivity index (χ1n) is 1.10. The quantitative estimate of drug-likeness (QED) is 0.396. The molecule has 0 aliphatic heterocycles.